The first-order valence-corrected chi connectivity index (χ1v) is 9.94. The van der Waals surface area contributed by atoms with Crippen LogP contribution in [0.25, 0.3) is 0 Å². The van der Waals surface area contributed by atoms with Crippen LogP contribution in [0, 0.1) is 0 Å². The molecule has 8 heteroatoms. The molecule has 7 nitrogen and oxygen atoms in total. The number of likely N-dealkylation sites (tertiary alicyclic amines) is 1. The minimum Gasteiger partial charge on any atom is -0.341 e. The van der Waals surface area contributed by atoms with E-state index in [4.69, 9.17) is 0 Å². The molecule has 1 atom stereocenters. The van der Waals surface area contributed by atoms with Gasteiger partial charge in [0.05, 0.1) is 24.2 Å². The molecule has 1 amide bonds. The Bertz CT molecular complexity index is 636. The number of nitrogens with one attached hydrogen (secondary N) is 1. The first-order valence-electron chi connectivity index (χ1n) is 8.12. The van der Waals surface area contributed by atoms with Crippen molar-refractivity contribution >= 4 is 15.7 Å². The Morgan fingerprint density at radius 3 is 2.70 bits per heavy atom. The van der Waals surface area contributed by atoms with Crippen molar-refractivity contribution < 1.29 is 13.2 Å². The van der Waals surface area contributed by atoms with Gasteiger partial charge in [0.15, 0.2) is 9.84 Å². The zero-order valence-corrected chi connectivity index (χ0v) is 14.3. The van der Waals surface area contributed by atoms with Gasteiger partial charge in [-0.25, -0.2) is 8.42 Å². The fourth-order valence-corrected chi connectivity index (χ4v) is 5.27. The Hall–Kier alpha value is -1.41. The number of nitrogens with zero attached hydrogens (tertiary/aromatic N) is 3. The second kappa shape index (κ2) is 6.60. The topological polar surface area (TPSA) is 86.4 Å². The van der Waals surface area contributed by atoms with Gasteiger partial charge in [0.1, 0.15) is 0 Å². The molecule has 2 aliphatic rings. The number of rotatable bonds is 4. The Morgan fingerprint density at radius 2 is 2.13 bits per heavy atom. The molecule has 1 aromatic rings. The minimum absolute atomic E-state index is 0.0221. The summed E-state index contributed by atoms with van der Waals surface area (Å²) in [6.07, 6.45) is 6.43. The van der Waals surface area contributed by atoms with Crippen LogP contribution >= 0.6 is 0 Å². The molecule has 3 heterocycles. The Kier molecular flexibility index (Phi) is 4.72. The lowest BCUT2D eigenvalue weighted by atomic mass is 9.91. The van der Waals surface area contributed by atoms with Crippen molar-refractivity contribution in [1.82, 2.24) is 20.0 Å². The number of aromatic amines is 1. The molecule has 2 saturated heterocycles. The summed E-state index contributed by atoms with van der Waals surface area (Å²) in [5.74, 6) is 0.843. The minimum atomic E-state index is -2.96. The van der Waals surface area contributed by atoms with Gasteiger partial charge in [-0.3, -0.25) is 14.8 Å². The van der Waals surface area contributed by atoms with Gasteiger partial charge in [-0.05, 0) is 43.8 Å². The van der Waals surface area contributed by atoms with Gasteiger partial charge < -0.3 is 4.90 Å². The summed E-state index contributed by atoms with van der Waals surface area (Å²) in [6, 6.07) is -0.157. The van der Waals surface area contributed by atoms with Crippen LogP contribution in [0.15, 0.2) is 12.4 Å². The third-order valence-electron chi connectivity index (χ3n) is 5.09. The van der Waals surface area contributed by atoms with Crippen molar-refractivity contribution in [2.45, 2.75) is 31.2 Å². The molecule has 23 heavy (non-hydrogen) atoms. The van der Waals surface area contributed by atoms with Gasteiger partial charge in [-0.2, -0.15) is 5.10 Å². The summed E-state index contributed by atoms with van der Waals surface area (Å²) < 4.78 is 23.1. The highest BCUT2D eigenvalue weighted by Crippen LogP contribution is 2.27. The third kappa shape index (κ3) is 3.92. The SMILES string of the molecule is CN(C(=O)CN1CCC(c2cn[nH]c2)CC1)C1CCS(=O)(=O)C1. The summed E-state index contributed by atoms with van der Waals surface area (Å²) in [4.78, 5) is 16.2. The second-order valence-electron chi connectivity index (χ2n) is 6.64. The summed E-state index contributed by atoms with van der Waals surface area (Å²) in [5, 5.41) is 6.85. The molecule has 1 aromatic heterocycles. The number of piperidine rings is 1. The van der Waals surface area contributed by atoms with E-state index in [-0.39, 0.29) is 23.5 Å². The molecule has 0 radical (unpaired) electrons. The number of carbonyl (C=O) groups excluding carboxylic acids is 1. The van der Waals surface area contributed by atoms with E-state index >= 15 is 0 Å². The van der Waals surface area contributed by atoms with Crippen LogP contribution in [0.1, 0.15) is 30.7 Å². The van der Waals surface area contributed by atoms with E-state index in [1.165, 1.54) is 5.56 Å². The first-order chi connectivity index (χ1) is 10.9. The number of amides is 1. The molecule has 1 unspecified atom stereocenters. The maximum absolute atomic E-state index is 12.4. The third-order valence-corrected chi connectivity index (χ3v) is 6.84. The molecule has 0 aliphatic carbocycles. The van der Waals surface area contributed by atoms with Crippen LogP contribution in [0.2, 0.25) is 0 Å². The van der Waals surface area contributed by atoms with Gasteiger partial charge in [0.25, 0.3) is 0 Å². The fraction of sp³-hybridized carbons (Fsp3) is 0.733. The predicted octanol–water partition coefficient (Wildman–Crippen LogP) is 0.235. The molecular weight excluding hydrogens is 316 g/mol. The maximum Gasteiger partial charge on any atom is 0.236 e. The van der Waals surface area contributed by atoms with Crippen LogP contribution in [-0.4, -0.2) is 78.6 Å². The molecule has 128 valence electrons. The van der Waals surface area contributed by atoms with Crippen LogP contribution in [-0.2, 0) is 14.6 Å². The highest BCUT2D eigenvalue weighted by Gasteiger charge is 2.33. The largest absolute Gasteiger partial charge is 0.341 e. The molecular formula is C15H24N4O3S. The Morgan fingerprint density at radius 1 is 1.39 bits per heavy atom. The van der Waals surface area contributed by atoms with Crippen molar-refractivity contribution in [2.24, 2.45) is 0 Å². The van der Waals surface area contributed by atoms with E-state index in [2.05, 4.69) is 15.1 Å². The number of likely N-dealkylation sites (N-methyl/N-ethyl adjacent to an activating group) is 1. The highest BCUT2D eigenvalue weighted by atomic mass is 32.2. The smallest absolute Gasteiger partial charge is 0.236 e. The highest BCUT2D eigenvalue weighted by molar-refractivity contribution is 7.91. The van der Waals surface area contributed by atoms with Gasteiger partial charge in [0.2, 0.25) is 5.91 Å². The van der Waals surface area contributed by atoms with E-state index in [1.54, 1.807) is 11.9 Å². The van der Waals surface area contributed by atoms with E-state index in [0.717, 1.165) is 25.9 Å². The summed E-state index contributed by atoms with van der Waals surface area (Å²) in [5.41, 5.74) is 1.24. The molecule has 2 fully saturated rings. The lowest BCUT2D eigenvalue weighted by Crippen LogP contribution is -2.45. The van der Waals surface area contributed by atoms with E-state index in [0.29, 0.717) is 18.9 Å². The number of hydrogen-bond acceptors (Lipinski definition) is 5. The quantitative estimate of drug-likeness (QED) is 0.848. The van der Waals surface area contributed by atoms with Crippen molar-refractivity contribution in [2.75, 3.05) is 38.2 Å². The second-order valence-corrected chi connectivity index (χ2v) is 8.87. The maximum atomic E-state index is 12.4. The lowest BCUT2D eigenvalue weighted by molar-refractivity contribution is -0.133. The molecule has 2 aliphatic heterocycles. The molecule has 0 spiro atoms. The van der Waals surface area contributed by atoms with Gasteiger partial charge >= 0.3 is 0 Å². The van der Waals surface area contributed by atoms with Crippen molar-refractivity contribution in [1.29, 1.82) is 0 Å². The van der Waals surface area contributed by atoms with Gasteiger partial charge in [-0.1, -0.05) is 0 Å². The average molecular weight is 340 g/mol. The van der Waals surface area contributed by atoms with Crippen molar-refractivity contribution in [3.63, 3.8) is 0 Å². The zero-order valence-electron chi connectivity index (χ0n) is 13.4. The average Bonchev–Trinajstić information content (AvgIpc) is 3.16. The Labute approximate surface area is 137 Å². The summed E-state index contributed by atoms with van der Waals surface area (Å²) in [7, 11) is -1.23. The Balaban J connectivity index is 1.47. The van der Waals surface area contributed by atoms with Crippen LogP contribution < -0.4 is 0 Å². The van der Waals surface area contributed by atoms with Crippen molar-refractivity contribution in [3.8, 4) is 0 Å². The number of carbonyl (C=O) groups is 1. The van der Waals surface area contributed by atoms with Gasteiger partial charge in [0, 0.05) is 19.3 Å². The standard InChI is InChI=1S/C15H24N4O3S/c1-18(14-4-7-23(21,22)11-14)15(20)10-19-5-2-12(3-6-19)13-8-16-17-9-13/h8-9,12,14H,2-7,10-11H2,1H3,(H,16,17). The molecule has 3 rings (SSSR count). The van der Waals surface area contributed by atoms with Crippen LogP contribution in [0.3, 0.4) is 0 Å². The number of H-pyrrole nitrogens is 1. The number of aromatic nitrogens is 2. The molecule has 1 N–H and O–H groups in total. The van der Waals surface area contributed by atoms with E-state index < -0.39 is 9.84 Å². The molecule has 0 saturated carbocycles. The van der Waals surface area contributed by atoms with E-state index in [1.807, 2.05) is 12.4 Å². The van der Waals surface area contributed by atoms with Crippen LogP contribution in [0.4, 0.5) is 0 Å². The number of hydrogen-bond donors (Lipinski definition) is 1. The summed E-state index contributed by atoms with van der Waals surface area (Å²) >= 11 is 0. The first kappa shape index (κ1) is 16.4. The summed E-state index contributed by atoms with van der Waals surface area (Å²) in [6.45, 7) is 2.15. The normalized spacial score (nSPS) is 25.5. The molecule has 0 bridgehead atoms. The monoisotopic (exact) mass is 340 g/mol. The predicted molar refractivity (Wildman–Crippen MR) is 86.8 cm³/mol. The van der Waals surface area contributed by atoms with Crippen molar-refractivity contribution in [3.05, 3.63) is 18.0 Å². The van der Waals surface area contributed by atoms with Gasteiger partial charge in [-0.15, -0.1) is 0 Å². The lowest BCUT2D eigenvalue weighted by Gasteiger charge is -2.33. The fourth-order valence-electron chi connectivity index (χ4n) is 3.50. The zero-order chi connectivity index (χ0) is 16.4. The van der Waals surface area contributed by atoms with E-state index in [9.17, 15) is 13.2 Å². The molecule has 0 aromatic carbocycles. The van der Waals surface area contributed by atoms with Crippen LogP contribution in [0.5, 0.6) is 0 Å². The number of sulfone groups is 1.